The summed E-state index contributed by atoms with van der Waals surface area (Å²) in [4.78, 5) is 21.7. The monoisotopic (exact) mass is 335 g/mol. The largest absolute Gasteiger partial charge is 0.355 e. The standard InChI is InChI=1S/C17H17N7O/c18-4-6-20-17(25)11-2-7-24(8-3-11)16-14-12(10-22-23-16)9-21-15-13(14)1-5-19-15/h1,5,9-11H,2-3,6-8H2,(H,19,21)(H,20,25). The number of carbonyl (C=O) groups excluding carboxylic acids is 1. The fraction of sp³-hybridized carbons (Fsp3) is 0.353. The molecule has 1 saturated heterocycles. The SMILES string of the molecule is N#CCNC(=O)C1CCN(c2nncc3cnc4[nH]ccc4c23)CC1. The summed E-state index contributed by atoms with van der Waals surface area (Å²) in [6.45, 7) is 1.52. The second-order valence-corrected chi connectivity index (χ2v) is 6.13. The second kappa shape index (κ2) is 6.36. The molecule has 4 rings (SSSR count). The Morgan fingerprint density at radius 2 is 2.24 bits per heavy atom. The van der Waals surface area contributed by atoms with Gasteiger partial charge in [0.2, 0.25) is 5.91 Å². The molecule has 3 aromatic rings. The van der Waals surface area contributed by atoms with E-state index in [1.54, 1.807) is 12.4 Å². The summed E-state index contributed by atoms with van der Waals surface area (Å²) in [6.07, 6.45) is 6.86. The zero-order chi connectivity index (χ0) is 17.2. The number of H-pyrrole nitrogens is 1. The maximum Gasteiger partial charge on any atom is 0.224 e. The molecule has 8 heteroatoms. The minimum absolute atomic E-state index is 0.0394. The Balaban J connectivity index is 1.60. The summed E-state index contributed by atoms with van der Waals surface area (Å²) in [5.74, 6) is 0.740. The van der Waals surface area contributed by atoms with Crippen LogP contribution in [0, 0.1) is 17.2 Å². The lowest BCUT2D eigenvalue weighted by Gasteiger charge is -2.32. The molecule has 0 unspecified atom stereocenters. The number of hydrogen-bond donors (Lipinski definition) is 2. The summed E-state index contributed by atoms with van der Waals surface area (Å²) in [7, 11) is 0. The van der Waals surface area contributed by atoms with E-state index in [4.69, 9.17) is 5.26 Å². The predicted octanol–water partition coefficient (Wildman–Crippen LogP) is 1.36. The zero-order valence-corrected chi connectivity index (χ0v) is 13.6. The lowest BCUT2D eigenvalue weighted by Crippen LogP contribution is -2.41. The van der Waals surface area contributed by atoms with Crippen LogP contribution in [0.3, 0.4) is 0 Å². The lowest BCUT2D eigenvalue weighted by molar-refractivity contribution is -0.125. The number of aromatic nitrogens is 4. The minimum Gasteiger partial charge on any atom is -0.355 e. The topological polar surface area (TPSA) is 111 Å². The first kappa shape index (κ1) is 15.3. The number of anilines is 1. The number of piperidine rings is 1. The van der Waals surface area contributed by atoms with Gasteiger partial charge in [0.15, 0.2) is 5.82 Å². The van der Waals surface area contributed by atoms with Crippen LogP contribution in [0.1, 0.15) is 12.8 Å². The third-order valence-electron chi connectivity index (χ3n) is 4.70. The number of pyridine rings is 1. The van der Waals surface area contributed by atoms with E-state index in [9.17, 15) is 4.79 Å². The number of amides is 1. The Morgan fingerprint density at radius 3 is 3.04 bits per heavy atom. The van der Waals surface area contributed by atoms with Gasteiger partial charge in [0.25, 0.3) is 0 Å². The molecule has 126 valence electrons. The molecule has 0 bridgehead atoms. The van der Waals surface area contributed by atoms with Crippen molar-refractivity contribution in [2.75, 3.05) is 24.5 Å². The third kappa shape index (κ3) is 2.74. The van der Waals surface area contributed by atoms with Gasteiger partial charge < -0.3 is 15.2 Å². The maximum absolute atomic E-state index is 12.0. The van der Waals surface area contributed by atoms with Crippen LogP contribution in [0.2, 0.25) is 0 Å². The van der Waals surface area contributed by atoms with Crippen LogP contribution in [0.5, 0.6) is 0 Å². The molecular weight excluding hydrogens is 318 g/mol. The molecule has 25 heavy (non-hydrogen) atoms. The van der Waals surface area contributed by atoms with E-state index in [2.05, 4.69) is 30.4 Å². The molecule has 4 heterocycles. The predicted molar refractivity (Wildman–Crippen MR) is 92.7 cm³/mol. The van der Waals surface area contributed by atoms with Crippen molar-refractivity contribution in [1.29, 1.82) is 5.26 Å². The van der Waals surface area contributed by atoms with Gasteiger partial charge >= 0.3 is 0 Å². The van der Waals surface area contributed by atoms with Crippen LogP contribution < -0.4 is 10.2 Å². The van der Waals surface area contributed by atoms with Crippen molar-refractivity contribution in [3.63, 3.8) is 0 Å². The highest BCUT2D eigenvalue weighted by molar-refractivity contribution is 6.09. The average molecular weight is 335 g/mol. The first-order valence-electron chi connectivity index (χ1n) is 8.25. The number of nitrogens with zero attached hydrogens (tertiary/aromatic N) is 5. The number of nitriles is 1. The highest BCUT2D eigenvalue weighted by Crippen LogP contribution is 2.32. The minimum atomic E-state index is -0.0542. The molecular formula is C17H17N7O. The van der Waals surface area contributed by atoms with Crippen LogP contribution >= 0.6 is 0 Å². The number of rotatable bonds is 3. The van der Waals surface area contributed by atoms with E-state index in [1.807, 2.05) is 18.3 Å². The van der Waals surface area contributed by atoms with E-state index in [-0.39, 0.29) is 18.4 Å². The van der Waals surface area contributed by atoms with Crippen LogP contribution in [0.25, 0.3) is 21.8 Å². The molecule has 8 nitrogen and oxygen atoms in total. The molecule has 0 spiro atoms. The summed E-state index contributed by atoms with van der Waals surface area (Å²) in [5.41, 5.74) is 0.826. The fourth-order valence-corrected chi connectivity index (χ4v) is 3.41. The molecule has 1 aliphatic heterocycles. The zero-order valence-electron chi connectivity index (χ0n) is 13.6. The lowest BCUT2D eigenvalue weighted by atomic mass is 9.95. The first-order chi connectivity index (χ1) is 12.3. The molecule has 1 amide bonds. The smallest absolute Gasteiger partial charge is 0.224 e. The average Bonchev–Trinajstić information content (AvgIpc) is 3.15. The van der Waals surface area contributed by atoms with Crippen molar-refractivity contribution in [2.45, 2.75) is 12.8 Å². The van der Waals surface area contributed by atoms with E-state index < -0.39 is 0 Å². The van der Waals surface area contributed by atoms with Crippen molar-refractivity contribution in [3.8, 4) is 6.07 Å². The van der Waals surface area contributed by atoms with E-state index in [1.165, 1.54) is 0 Å². The molecule has 2 N–H and O–H groups in total. The van der Waals surface area contributed by atoms with Gasteiger partial charge in [-0.25, -0.2) is 4.98 Å². The Hall–Kier alpha value is -3.21. The van der Waals surface area contributed by atoms with Crippen molar-refractivity contribution in [2.24, 2.45) is 5.92 Å². The Bertz CT molecular complexity index is 966. The number of hydrogen-bond acceptors (Lipinski definition) is 6. The number of fused-ring (bicyclic) bond motifs is 3. The normalized spacial score (nSPS) is 15.4. The number of aromatic amines is 1. The Labute approximate surface area is 143 Å². The second-order valence-electron chi connectivity index (χ2n) is 6.13. The highest BCUT2D eigenvalue weighted by atomic mass is 16.1. The molecule has 0 saturated carbocycles. The summed E-state index contributed by atoms with van der Waals surface area (Å²) < 4.78 is 0. The van der Waals surface area contributed by atoms with Gasteiger partial charge in [0, 0.05) is 47.6 Å². The van der Waals surface area contributed by atoms with Crippen molar-refractivity contribution in [3.05, 3.63) is 24.7 Å². The highest BCUT2D eigenvalue weighted by Gasteiger charge is 2.26. The summed E-state index contributed by atoms with van der Waals surface area (Å²) in [6, 6.07) is 3.94. The van der Waals surface area contributed by atoms with Crippen molar-refractivity contribution >= 4 is 33.5 Å². The third-order valence-corrected chi connectivity index (χ3v) is 4.70. The summed E-state index contributed by atoms with van der Waals surface area (Å²) >= 11 is 0. The molecule has 1 aliphatic rings. The quantitative estimate of drug-likeness (QED) is 0.699. The molecule has 0 atom stereocenters. The van der Waals surface area contributed by atoms with E-state index in [0.717, 1.165) is 53.6 Å². The molecule has 1 fully saturated rings. The fourth-order valence-electron chi connectivity index (χ4n) is 3.41. The van der Waals surface area contributed by atoms with Gasteiger partial charge in [-0.3, -0.25) is 4.79 Å². The van der Waals surface area contributed by atoms with Crippen LogP contribution in [0.15, 0.2) is 24.7 Å². The maximum atomic E-state index is 12.0. The van der Waals surface area contributed by atoms with Gasteiger partial charge in [-0.05, 0) is 18.9 Å². The van der Waals surface area contributed by atoms with Gasteiger partial charge in [-0.2, -0.15) is 10.4 Å². The van der Waals surface area contributed by atoms with Crippen LogP contribution in [0.4, 0.5) is 5.82 Å². The number of nitrogens with one attached hydrogen (secondary N) is 2. The number of carbonyl (C=O) groups is 1. The Kier molecular flexibility index (Phi) is 3.90. The summed E-state index contributed by atoms with van der Waals surface area (Å²) in [5, 5.41) is 22.7. The Morgan fingerprint density at radius 1 is 1.40 bits per heavy atom. The van der Waals surface area contributed by atoms with Gasteiger partial charge in [0.05, 0.1) is 12.3 Å². The van der Waals surface area contributed by atoms with E-state index in [0.29, 0.717) is 0 Å². The van der Waals surface area contributed by atoms with Crippen molar-refractivity contribution in [1.82, 2.24) is 25.5 Å². The van der Waals surface area contributed by atoms with Gasteiger partial charge in [-0.1, -0.05) is 0 Å². The van der Waals surface area contributed by atoms with Gasteiger partial charge in [-0.15, -0.1) is 5.10 Å². The van der Waals surface area contributed by atoms with Crippen molar-refractivity contribution < 1.29 is 4.79 Å². The molecule has 0 radical (unpaired) electrons. The van der Waals surface area contributed by atoms with Gasteiger partial charge in [0.1, 0.15) is 12.2 Å². The molecule has 0 aromatic carbocycles. The molecule has 0 aliphatic carbocycles. The van der Waals surface area contributed by atoms with Crippen LogP contribution in [-0.4, -0.2) is 45.7 Å². The molecule has 3 aromatic heterocycles. The first-order valence-corrected chi connectivity index (χ1v) is 8.25. The van der Waals surface area contributed by atoms with Crippen LogP contribution in [-0.2, 0) is 4.79 Å². The van der Waals surface area contributed by atoms with E-state index >= 15 is 0 Å².